The van der Waals surface area contributed by atoms with Crippen LogP contribution in [0.1, 0.15) is 30.7 Å². The molecule has 2 aromatic carbocycles. The lowest BCUT2D eigenvalue weighted by molar-refractivity contribution is 0.198. The van der Waals surface area contributed by atoms with Gasteiger partial charge in [-0.25, -0.2) is 4.98 Å². The number of hydrogen-bond acceptors (Lipinski definition) is 3. The molecule has 3 N–H and O–H groups in total. The highest BCUT2D eigenvalue weighted by Crippen LogP contribution is 2.14. The Hall–Kier alpha value is -2.13. The average Bonchev–Trinajstić information content (AvgIpc) is 3.21. The van der Waals surface area contributed by atoms with Gasteiger partial charge in [0.2, 0.25) is 0 Å². The van der Waals surface area contributed by atoms with Gasteiger partial charge in [-0.3, -0.25) is 9.89 Å². The van der Waals surface area contributed by atoms with Crippen molar-refractivity contribution in [3.63, 3.8) is 0 Å². The van der Waals surface area contributed by atoms with Crippen molar-refractivity contribution in [3.05, 3.63) is 66.0 Å². The van der Waals surface area contributed by atoms with E-state index in [2.05, 4.69) is 66.9 Å². The first-order chi connectivity index (χ1) is 14.8. The molecule has 31 heavy (non-hydrogen) atoms. The number of guanidine groups is 1. The molecule has 3 aromatic rings. The van der Waals surface area contributed by atoms with E-state index in [-0.39, 0.29) is 24.0 Å². The predicted molar refractivity (Wildman–Crippen MR) is 139 cm³/mol. The summed E-state index contributed by atoms with van der Waals surface area (Å²) in [5.74, 6) is 1.95. The third-order valence-electron chi connectivity index (χ3n) is 5.72. The number of likely N-dealkylation sites (tertiary alicyclic amines) is 1. The summed E-state index contributed by atoms with van der Waals surface area (Å²) in [6, 6.07) is 19.4. The zero-order chi connectivity index (χ0) is 20.6. The zero-order valence-electron chi connectivity index (χ0n) is 18.2. The first-order valence-electron chi connectivity index (χ1n) is 11.0. The van der Waals surface area contributed by atoms with Crippen LogP contribution in [0.25, 0.3) is 11.0 Å². The van der Waals surface area contributed by atoms with E-state index in [1.807, 2.05) is 25.2 Å². The molecule has 0 bridgehead atoms. The van der Waals surface area contributed by atoms with Crippen LogP contribution in [0.15, 0.2) is 59.6 Å². The van der Waals surface area contributed by atoms with Gasteiger partial charge in [-0.05, 0) is 37.0 Å². The summed E-state index contributed by atoms with van der Waals surface area (Å²) in [5.41, 5.74) is 3.54. The Bertz CT molecular complexity index is 914. The molecule has 0 unspecified atom stereocenters. The highest BCUT2D eigenvalue weighted by molar-refractivity contribution is 14.0. The van der Waals surface area contributed by atoms with Gasteiger partial charge < -0.3 is 15.6 Å². The molecule has 166 valence electrons. The van der Waals surface area contributed by atoms with Crippen LogP contribution in [-0.2, 0) is 13.0 Å². The molecule has 0 spiro atoms. The maximum Gasteiger partial charge on any atom is 0.191 e. The van der Waals surface area contributed by atoms with Gasteiger partial charge in [0, 0.05) is 45.7 Å². The molecule has 0 saturated carbocycles. The summed E-state index contributed by atoms with van der Waals surface area (Å²) in [7, 11) is 1.85. The lowest BCUT2D eigenvalue weighted by Gasteiger charge is -2.33. The van der Waals surface area contributed by atoms with E-state index in [1.165, 1.54) is 5.56 Å². The number of aryl methyl sites for hydroxylation is 1. The molecule has 4 rings (SSSR count). The Kier molecular flexibility index (Phi) is 9.14. The Labute approximate surface area is 202 Å². The van der Waals surface area contributed by atoms with E-state index in [1.54, 1.807) is 0 Å². The third-order valence-corrected chi connectivity index (χ3v) is 5.72. The molecular formula is C24H33IN6. The fourth-order valence-electron chi connectivity index (χ4n) is 4.05. The number of halogens is 1. The van der Waals surface area contributed by atoms with Crippen molar-refractivity contribution in [2.75, 3.05) is 26.7 Å². The van der Waals surface area contributed by atoms with E-state index in [0.717, 1.165) is 74.7 Å². The Balaban J connectivity index is 0.00000272. The molecule has 1 aliphatic heterocycles. The Morgan fingerprint density at radius 2 is 1.84 bits per heavy atom. The maximum atomic E-state index is 4.65. The number of fused-ring (bicyclic) bond motifs is 1. The SMILES string of the molecule is CN=C(NCCCc1nc2ccccc2[nH]1)NC1CCN(Cc2ccccc2)CC1.I. The van der Waals surface area contributed by atoms with E-state index in [4.69, 9.17) is 0 Å². The van der Waals surface area contributed by atoms with E-state index < -0.39 is 0 Å². The second-order valence-electron chi connectivity index (χ2n) is 7.98. The highest BCUT2D eigenvalue weighted by Gasteiger charge is 2.19. The van der Waals surface area contributed by atoms with E-state index in [0.29, 0.717) is 6.04 Å². The summed E-state index contributed by atoms with van der Waals surface area (Å²) in [6.07, 6.45) is 4.23. The number of benzene rings is 2. The van der Waals surface area contributed by atoms with Crippen LogP contribution in [0.3, 0.4) is 0 Å². The Morgan fingerprint density at radius 3 is 2.58 bits per heavy atom. The zero-order valence-corrected chi connectivity index (χ0v) is 20.5. The number of para-hydroxylation sites is 2. The largest absolute Gasteiger partial charge is 0.356 e. The van der Waals surface area contributed by atoms with Gasteiger partial charge in [0.25, 0.3) is 0 Å². The van der Waals surface area contributed by atoms with Crippen LogP contribution in [-0.4, -0.2) is 53.6 Å². The number of piperidine rings is 1. The number of hydrogen-bond donors (Lipinski definition) is 3. The van der Waals surface area contributed by atoms with E-state index >= 15 is 0 Å². The number of aromatic amines is 1. The molecule has 0 aliphatic carbocycles. The molecule has 1 fully saturated rings. The van der Waals surface area contributed by atoms with Gasteiger partial charge in [-0.1, -0.05) is 42.5 Å². The van der Waals surface area contributed by atoms with Crippen molar-refractivity contribution < 1.29 is 0 Å². The molecule has 0 radical (unpaired) electrons. The average molecular weight is 532 g/mol. The lowest BCUT2D eigenvalue weighted by atomic mass is 10.0. The third kappa shape index (κ3) is 6.93. The first kappa shape index (κ1) is 23.5. The molecule has 1 saturated heterocycles. The summed E-state index contributed by atoms with van der Waals surface area (Å²) >= 11 is 0. The molecular weight excluding hydrogens is 499 g/mol. The second kappa shape index (κ2) is 12.0. The van der Waals surface area contributed by atoms with Crippen molar-refractivity contribution in [1.82, 2.24) is 25.5 Å². The number of aliphatic imine (C=N–C) groups is 1. The monoisotopic (exact) mass is 532 g/mol. The topological polar surface area (TPSA) is 68.3 Å². The van der Waals surface area contributed by atoms with Gasteiger partial charge in [0.1, 0.15) is 5.82 Å². The Morgan fingerprint density at radius 1 is 1.10 bits per heavy atom. The van der Waals surface area contributed by atoms with Gasteiger partial charge in [0.05, 0.1) is 11.0 Å². The van der Waals surface area contributed by atoms with Crippen molar-refractivity contribution in [3.8, 4) is 0 Å². The lowest BCUT2D eigenvalue weighted by Crippen LogP contribution is -2.48. The summed E-state index contributed by atoms with van der Waals surface area (Å²) in [5, 5.41) is 7.05. The molecule has 1 aliphatic rings. The maximum absolute atomic E-state index is 4.65. The smallest absolute Gasteiger partial charge is 0.191 e. The summed E-state index contributed by atoms with van der Waals surface area (Å²) < 4.78 is 0. The normalized spacial score (nSPS) is 15.6. The van der Waals surface area contributed by atoms with Gasteiger partial charge in [0.15, 0.2) is 5.96 Å². The van der Waals surface area contributed by atoms with Gasteiger partial charge in [-0.15, -0.1) is 24.0 Å². The van der Waals surface area contributed by atoms with Crippen molar-refractivity contribution in [2.45, 2.75) is 38.3 Å². The highest BCUT2D eigenvalue weighted by atomic mass is 127. The fourth-order valence-corrected chi connectivity index (χ4v) is 4.05. The van der Waals surface area contributed by atoms with Crippen LogP contribution < -0.4 is 10.6 Å². The van der Waals surface area contributed by atoms with Gasteiger partial charge >= 0.3 is 0 Å². The second-order valence-corrected chi connectivity index (χ2v) is 7.98. The van der Waals surface area contributed by atoms with Crippen LogP contribution in [0, 0.1) is 0 Å². The first-order valence-corrected chi connectivity index (χ1v) is 11.0. The molecule has 0 amide bonds. The summed E-state index contributed by atoms with van der Waals surface area (Å²) in [4.78, 5) is 15.0. The van der Waals surface area contributed by atoms with Crippen molar-refractivity contribution in [2.24, 2.45) is 4.99 Å². The minimum Gasteiger partial charge on any atom is -0.356 e. The number of nitrogens with one attached hydrogen (secondary N) is 3. The standard InChI is InChI=1S/C24H32N6.HI/c1-25-24(26-15-7-12-23-28-21-10-5-6-11-22(21)29-23)27-20-13-16-30(17-14-20)18-19-8-3-2-4-9-19;/h2-6,8-11,20H,7,12-18H2,1H3,(H,28,29)(H2,25,26,27);1H. The predicted octanol–water partition coefficient (Wildman–Crippen LogP) is 3.94. The van der Waals surface area contributed by atoms with Crippen LogP contribution in [0.2, 0.25) is 0 Å². The molecule has 2 heterocycles. The van der Waals surface area contributed by atoms with Crippen LogP contribution >= 0.6 is 24.0 Å². The van der Waals surface area contributed by atoms with Crippen molar-refractivity contribution in [1.29, 1.82) is 0 Å². The summed E-state index contributed by atoms with van der Waals surface area (Å²) in [6.45, 7) is 4.16. The number of rotatable bonds is 7. The van der Waals surface area contributed by atoms with Crippen LogP contribution in [0.4, 0.5) is 0 Å². The number of nitrogens with zero attached hydrogens (tertiary/aromatic N) is 3. The number of aromatic nitrogens is 2. The number of imidazole rings is 1. The van der Waals surface area contributed by atoms with Crippen molar-refractivity contribution >= 4 is 41.0 Å². The van der Waals surface area contributed by atoms with Gasteiger partial charge in [-0.2, -0.15) is 0 Å². The van der Waals surface area contributed by atoms with Crippen LogP contribution in [0.5, 0.6) is 0 Å². The fraction of sp³-hybridized carbons (Fsp3) is 0.417. The quantitative estimate of drug-likeness (QED) is 0.187. The minimum absolute atomic E-state index is 0. The molecule has 1 aromatic heterocycles. The molecule has 0 atom stereocenters. The molecule has 7 heteroatoms. The van der Waals surface area contributed by atoms with E-state index in [9.17, 15) is 0 Å². The molecule has 6 nitrogen and oxygen atoms in total. The minimum atomic E-state index is 0. The number of H-pyrrole nitrogens is 1.